The first kappa shape index (κ1) is 19.2. The summed E-state index contributed by atoms with van der Waals surface area (Å²) in [5.74, 6) is 1.21. The first-order valence-electron chi connectivity index (χ1n) is 9.19. The second kappa shape index (κ2) is 8.86. The highest BCUT2D eigenvalue weighted by atomic mass is 19.1. The second-order valence-electron chi connectivity index (χ2n) is 6.76. The number of hydrogen-bond acceptors (Lipinski definition) is 3. The topological polar surface area (TPSA) is 52.0 Å². The van der Waals surface area contributed by atoms with Crippen LogP contribution in [0.1, 0.15) is 30.0 Å². The van der Waals surface area contributed by atoms with Gasteiger partial charge in [0, 0.05) is 24.9 Å². The van der Waals surface area contributed by atoms with Crippen molar-refractivity contribution in [1.29, 1.82) is 0 Å². The van der Waals surface area contributed by atoms with Gasteiger partial charge in [-0.15, -0.1) is 0 Å². The fourth-order valence-corrected chi connectivity index (χ4v) is 3.71. The Morgan fingerprint density at radius 1 is 1.22 bits per heavy atom. The highest BCUT2D eigenvalue weighted by molar-refractivity contribution is 5.76. The van der Waals surface area contributed by atoms with Crippen LogP contribution in [0.2, 0.25) is 0 Å². The smallest absolute Gasteiger partial charge is 0.275 e. The van der Waals surface area contributed by atoms with Gasteiger partial charge in [-0.05, 0) is 24.3 Å². The van der Waals surface area contributed by atoms with Crippen LogP contribution in [0.15, 0.2) is 42.5 Å². The van der Waals surface area contributed by atoms with E-state index in [1.807, 2.05) is 18.2 Å². The molecule has 1 aliphatic rings. The van der Waals surface area contributed by atoms with Crippen molar-refractivity contribution in [2.24, 2.45) is 0 Å². The van der Waals surface area contributed by atoms with Crippen molar-refractivity contribution in [2.75, 3.05) is 27.3 Å². The molecule has 0 aliphatic carbocycles. The molecular weight excluding hydrogens is 347 g/mol. The van der Waals surface area contributed by atoms with Crippen LogP contribution in [0.25, 0.3) is 0 Å². The normalized spacial score (nSPS) is 18.9. The Balaban J connectivity index is 1.66. The van der Waals surface area contributed by atoms with Crippen molar-refractivity contribution in [3.8, 4) is 11.5 Å². The van der Waals surface area contributed by atoms with Gasteiger partial charge in [0.1, 0.15) is 23.4 Å². The van der Waals surface area contributed by atoms with Gasteiger partial charge in [-0.3, -0.25) is 4.79 Å². The summed E-state index contributed by atoms with van der Waals surface area (Å²) in [5.41, 5.74) is 1.56. The Kier molecular flexibility index (Phi) is 6.29. The summed E-state index contributed by atoms with van der Waals surface area (Å²) >= 11 is 0. The maximum absolute atomic E-state index is 13.7. The van der Waals surface area contributed by atoms with E-state index < -0.39 is 0 Å². The molecule has 0 bridgehead atoms. The molecule has 27 heavy (non-hydrogen) atoms. The first-order valence-corrected chi connectivity index (χ1v) is 9.19. The summed E-state index contributed by atoms with van der Waals surface area (Å²) in [4.78, 5) is 13.6. The molecule has 2 aromatic rings. The molecule has 0 aromatic heterocycles. The maximum atomic E-state index is 13.7. The number of carbonyl (C=O) groups is 1. The third kappa shape index (κ3) is 4.57. The highest BCUT2D eigenvalue weighted by Crippen LogP contribution is 2.31. The number of likely N-dealkylation sites (tertiary alicyclic amines) is 1. The molecule has 1 saturated heterocycles. The van der Waals surface area contributed by atoms with E-state index in [4.69, 9.17) is 9.47 Å². The molecule has 144 valence electrons. The number of halogens is 1. The van der Waals surface area contributed by atoms with E-state index in [0.29, 0.717) is 12.1 Å². The van der Waals surface area contributed by atoms with E-state index >= 15 is 0 Å². The van der Waals surface area contributed by atoms with Crippen molar-refractivity contribution < 1.29 is 23.6 Å². The Bertz CT molecular complexity index is 797. The summed E-state index contributed by atoms with van der Waals surface area (Å²) in [6.45, 7) is 1.46. The Labute approximate surface area is 159 Å². The minimum atomic E-state index is -0.301. The fraction of sp³-hybridized carbons (Fsp3) is 0.381. The molecule has 1 amide bonds. The Morgan fingerprint density at radius 2 is 2.04 bits per heavy atom. The predicted molar refractivity (Wildman–Crippen MR) is 100 cm³/mol. The molecule has 6 heteroatoms. The van der Waals surface area contributed by atoms with Gasteiger partial charge in [0.15, 0.2) is 6.54 Å². The number of ether oxygens (including phenoxy) is 2. The van der Waals surface area contributed by atoms with Crippen LogP contribution in [-0.2, 0) is 11.3 Å². The zero-order chi connectivity index (χ0) is 19.2. The van der Waals surface area contributed by atoms with Crippen molar-refractivity contribution in [3.63, 3.8) is 0 Å². The lowest BCUT2D eigenvalue weighted by atomic mass is 10.0. The molecule has 1 heterocycles. The van der Waals surface area contributed by atoms with Gasteiger partial charge < -0.3 is 19.7 Å². The number of carbonyl (C=O) groups excluding carboxylic acids is 1. The quantitative estimate of drug-likeness (QED) is 0.779. The van der Waals surface area contributed by atoms with Crippen LogP contribution >= 0.6 is 0 Å². The predicted octanol–water partition coefficient (Wildman–Crippen LogP) is 1.88. The lowest BCUT2D eigenvalue weighted by Gasteiger charge is -2.23. The Hall–Kier alpha value is -2.60. The third-order valence-electron chi connectivity index (χ3n) is 5.12. The third-order valence-corrected chi connectivity index (χ3v) is 5.12. The molecule has 2 aromatic carbocycles. The van der Waals surface area contributed by atoms with E-state index in [-0.39, 0.29) is 24.3 Å². The van der Waals surface area contributed by atoms with Crippen LogP contribution in [-0.4, -0.2) is 33.2 Å². The molecular formula is C21H26FN2O3+. The molecule has 0 radical (unpaired) electrons. The molecule has 3 rings (SSSR count). The number of methoxy groups -OCH3 is 2. The van der Waals surface area contributed by atoms with Crippen molar-refractivity contribution >= 4 is 5.91 Å². The summed E-state index contributed by atoms with van der Waals surface area (Å²) < 4.78 is 24.6. The molecule has 1 unspecified atom stereocenters. The van der Waals surface area contributed by atoms with Crippen LogP contribution in [0.3, 0.4) is 0 Å². The first-order chi connectivity index (χ1) is 13.1. The van der Waals surface area contributed by atoms with Gasteiger partial charge in [-0.1, -0.05) is 18.2 Å². The van der Waals surface area contributed by atoms with Gasteiger partial charge >= 0.3 is 0 Å². The number of benzene rings is 2. The zero-order valence-electron chi connectivity index (χ0n) is 15.8. The molecule has 1 aliphatic heterocycles. The number of nitrogens with one attached hydrogen (secondary N) is 2. The lowest BCUT2D eigenvalue weighted by Crippen LogP contribution is -3.11. The minimum absolute atomic E-state index is 0.0815. The van der Waals surface area contributed by atoms with Gasteiger partial charge in [-0.25, -0.2) is 4.39 Å². The van der Waals surface area contributed by atoms with E-state index in [0.717, 1.165) is 36.4 Å². The van der Waals surface area contributed by atoms with E-state index in [2.05, 4.69) is 5.32 Å². The second-order valence-corrected chi connectivity index (χ2v) is 6.76. The number of hydrogen-bond donors (Lipinski definition) is 2. The molecule has 2 N–H and O–H groups in total. The standard InChI is InChI=1S/C21H25FN2O3/c1-26-16-9-10-20(27-2)17(12-16)19-8-5-11-24(19)14-21(25)23-13-15-6-3-4-7-18(15)22/h3-4,6-7,9-10,12,19H,5,8,11,13-14H2,1-2H3,(H,23,25)/p+1/t19-/m1/s1. The number of amides is 1. The minimum Gasteiger partial charge on any atom is -0.497 e. The van der Waals surface area contributed by atoms with Gasteiger partial charge in [0.25, 0.3) is 5.91 Å². The van der Waals surface area contributed by atoms with Crippen LogP contribution in [0.4, 0.5) is 4.39 Å². The van der Waals surface area contributed by atoms with E-state index in [1.54, 1.807) is 32.4 Å². The summed E-state index contributed by atoms with van der Waals surface area (Å²) in [6, 6.07) is 12.4. The van der Waals surface area contributed by atoms with Crippen LogP contribution < -0.4 is 19.7 Å². The fourth-order valence-electron chi connectivity index (χ4n) is 3.71. The van der Waals surface area contributed by atoms with Crippen molar-refractivity contribution in [1.82, 2.24) is 5.32 Å². The van der Waals surface area contributed by atoms with Crippen LogP contribution in [0, 0.1) is 5.82 Å². The van der Waals surface area contributed by atoms with E-state index in [9.17, 15) is 9.18 Å². The SMILES string of the molecule is COc1ccc(OC)c([C@H]2CCC[NH+]2CC(=O)NCc2ccccc2F)c1. The number of rotatable bonds is 7. The van der Waals surface area contributed by atoms with E-state index in [1.165, 1.54) is 11.0 Å². The zero-order valence-corrected chi connectivity index (χ0v) is 15.8. The van der Waals surface area contributed by atoms with Crippen molar-refractivity contribution in [3.05, 3.63) is 59.4 Å². The largest absolute Gasteiger partial charge is 0.497 e. The van der Waals surface area contributed by atoms with Crippen molar-refractivity contribution in [2.45, 2.75) is 25.4 Å². The Morgan fingerprint density at radius 3 is 2.78 bits per heavy atom. The molecule has 1 fully saturated rings. The average Bonchev–Trinajstić information content (AvgIpc) is 3.14. The molecule has 0 saturated carbocycles. The number of quaternary nitrogens is 1. The van der Waals surface area contributed by atoms with Gasteiger partial charge in [0.2, 0.25) is 0 Å². The van der Waals surface area contributed by atoms with Crippen LogP contribution in [0.5, 0.6) is 11.5 Å². The average molecular weight is 373 g/mol. The molecule has 0 spiro atoms. The monoisotopic (exact) mass is 373 g/mol. The van der Waals surface area contributed by atoms with Gasteiger partial charge in [0.05, 0.1) is 26.3 Å². The highest BCUT2D eigenvalue weighted by Gasteiger charge is 2.33. The summed E-state index contributed by atoms with van der Waals surface area (Å²) in [6.07, 6.45) is 2.03. The lowest BCUT2D eigenvalue weighted by molar-refractivity contribution is -0.910. The summed E-state index contributed by atoms with van der Waals surface area (Å²) in [5, 5.41) is 2.83. The molecule has 5 nitrogen and oxygen atoms in total. The molecule has 2 atom stereocenters. The van der Waals surface area contributed by atoms with Gasteiger partial charge in [-0.2, -0.15) is 0 Å². The summed E-state index contributed by atoms with van der Waals surface area (Å²) in [7, 11) is 3.29. The maximum Gasteiger partial charge on any atom is 0.275 e.